The summed E-state index contributed by atoms with van der Waals surface area (Å²) in [5, 5.41) is 11.9. The van der Waals surface area contributed by atoms with E-state index in [1.807, 2.05) is 36.9 Å². The first-order valence-corrected chi connectivity index (χ1v) is 3.73. The molecule has 0 aliphatic carbocycles. The first-order chi connectivity index (χ1) is 5.77. The summed E-state index contributed by atoms with van der Waals surface area (Å²) < 4.78 is 1.97. The molecule has 0 aromatic carbocycles. The van der Waals surface area contributed by atoms with E-state index < -0.39 is 0 Å². The third-order valence-electron chi connectivity index (χ3n) is 1.73. The standard InChI is InChI=1S/C8H9N4/c1-6-9-8(11-10-6)7-4-3-5-12(7)2/h3-5H,1-2H3. The Morgan fingerprint density at radius 1 is 1.33 bits per heavy atom. The van der Waals surface area contributed by atoms with Gasteiger partial charge in [-0.05, 0) is 19.1 Å². The minimum atomic E-state index is 0.694. The molecule has 2 rings (SSSR count). The Labute approximate surface area is 70.6 Å². The van der Waals surface area contributed by atoms with E-state index >= 15 is 0 Å². The van der Waals surface area contributed by atoms with E-state index in [2.05, 4.69) is 15.5 Å². The van der Waals surface area contributed by atoms with Crippen LogP contribution in [-0.2, 0) is 7.05 Å². The summed E-state index contributed by atoms with van der Waals surface area (Å²) in [5.74, 6) is 1.41. The van der Waals surface area contributed by atoms with Gasteiger partial charge in [0.25, 0.3) is 0 Å². The van der Waals surface area contributed by atoms with Crippen molar-refractivity contribution < 1.29 is 0 Å². The van der Waals surface area contributed by atoms with Crippen molar-refractivity contribution in [1.82, 2.24) is 9.88 Å². The van der Waals surface area contributed by atoms with Gasteiger partial charge < -0.3 is 4.57 Å². The van der Waals surface area contributed by atoms with Crippen LogP contribution in [0.4, 0.5) is 0 Å². The lowest BCUT2D eigenvalue weighted by Crippen LogP contribution is -2.18. The minimum absolute atomic E-state index is 0.694. The van der Waals surface area contributed by atoms with Gasteiger partial charge >= 0.3 is 0 Å². The summed E-state index contributed by atoms with van der Waals surface area (Å²) in [6.45, 7) is 1.83. The molecule has 1 aliphatic rings. The Morgan fingerprint density at radius 3 is 2.67 bits per heavy atom. The van der Waals surface area contributed by atoms with Crippen LogP contribution < -0.4 is 5.32 Å². The minimum Gasteiger partial charge on any atom is -0.348 e. The highest BCUT2D eigenvalue weighted by Crippen LogP contribution is 2.05. The molecular weight excluding hydrogens is 152 g/mol. The van der Waals surface area contributed by atoms with Crippen molar-refractivity contribution in [2.24, 2.45) is 17.3 Å². The predicted octanol–water partition coefficient (Wildman–Crippen LogP) is 0.723. The molecule has 0 unspecified atom stereocenters. The maximum absolute atomic E-state index is 4.17. The molecule has 2 heterocycles. The van der Waals surface area contributed by atoms with Crippen LogP contribution in [0.25, 0.3) is 0 Å². The molecule has 0 saturated heterocycles. The molecule has 4 nitrogen and oxygen atoms in total. The molecular formula is C8H9N4. The Morgan fingerprint density at radius 2 is 2.17 bits per heavy atom. The molecule has 61 valence electrons. The zero-order valence-electron chi connectivity index (χ0n) is 7.02. The summed E-state index contributed by atoms with van der Waals surface area (Å²) >= 11 is 0. The van der Waals surface area contributed by atoms with Gasteiger partial charge in [0.1, 0.15) is 0 Å². The molecule has 0 spiro atoms. The van der Waals surface area contributed by atoms with E-state index in [4.69, 9.17) is 0 Å². The topological polar surface area (TPSA) is 43.8 Å². The van der Waals surface area contributed by atoms with Crippen LogP contribution in [0.5, 0.6) is 0 Å². The lowest BCUT2D eigenvalue weighted by atomic mass is 10.4. The highest BCUT2D eigenvalue weighted by atomic mass is 15.4. The average Bonchev–Trinajstić information content (AvgIpc) is 2.58. The Kier molecular flexibility index (Phi) is 1.46. The maximum Gasteiger partial charge on any atom is 0.200 e. The van der Waals surface area contributed by atoms with Crippen LogP contribution in [0.3, 0.4) is 0 Å². The molecule has 0 bridgehead atoms. The number of hydrogen-bond acceptors (Lipinski definition) is 2. The van der Waals surface area contributed by atoms with Gasteiger partial charge in [0, 0.05) is 13.2 Å². The Bertz CT molecular complexity index is 359. The van der Waals surface area contributed by atoms with Crippen LogP contribution in [-0.4, -0.2) is 16.2 Å². The summed E-state index contributed by atoms with van der Waals surface area (Å²) in [5.41, 5.74) is 0.996. The van der Waals surface area contributed by atoms with Gasteiger partial charge in [0.05, 0.1) is 5.69 Å². The number of nitrogens with zero attached hydrogens (tertiary/aromatic N) is 4. The van der Waals surface area contributed by atoms with Crippen LogP contribution in [0, 0.1) is 0 Å². The molecule has 0 fully saturated rings. The van der Waals surface area contributed by atoms with Crippen molar-refractivity contribution in [1.29, 1.82) is 0 Å². The molecule has 1 aromatic rings. The molecule has 0 amide bonds. The summed E-state index contributed by atoms with van der Waals surface area (Å²) in [6, 6.07) is 3.93. The Balaban J connectivity index is 2.30. The molecule has 4 heteroatoms. The number of aromatic nitrogens is 1. The highest BCUT2D eigenvalue weighted by Gasteiger charge is 2.13. The van der Waals surface area contributed by atoms with Crippen molar-refractivity contribution in [2.45, 2.75) is 6.92 Å². The second-order valence-corrected chi connectivity index (χ2v) is 2.69. The molecule has 0 atom stereocenters. The van der Waals surface area contributed by atoms with Crippen molar-refractivity contribution >= 4 is 11.7 Å². The summed E-state index contributed by atoms with van der Waals surface area (Å²) in [6.07, 6.45) is 1.96. The molecule has 1 aliphatic heterocycles. The second-order valence-electron chi connectivity index (χ2n) is 2.69. The predicted molar refractivity (Wildman–Crippen MR) is 47.2 cm³/mol. The highest BCUT2D eigenvalue weighted by molar-refractivity contribution is 6.10. The zero-order valence-corrected chi connectivity index (χ0v) is 7.02. The summed E-state index contributed by atoms with van der Waals surface area (Å²) in [4.78, 5) is 0. The Hall–Kier alpha value is -1.58. The average molecular weight is 161 g/mol. The molecule has 0 N–H and O–H groups in total. The number of aryl methyl sites for hydroxylation is 1. The molecule has 1 radical (unpaired) electrons. The van der Waals surface area contributed by atoms with Crippen molar-refractivity contribution in [3.63, 3.8) is 0 Å². The van der Waals surface area contributed by atoms with E-state index in [1.165, 1.54) is 0 Å². The maximum atomic E-state index is 4.17. The fourth-order valence-corrected chi connectivity index (χ4v) is 1.12. The fourth-order valence-electron chi connectivity index (χ4n) is 1.12. The number of hydrogen-bond donors (Lipinski definition) is 0. The molecule has 0 saturated carbocycles. The SMILES string of the molecule is CC1=NN=C(c2cccn2C)[N]1. The van der Waals surface area contributed by atoms with Crippen molar-refractivity contribution in [2.75, 3.05) is 0 Å². The van der Waals surface area contributed by atoms with Crippen molar-refractivity contribution in [3.05, 3.63) is 24.0 Å². The van der Waals surface area contributed by atoms with Crippen LogP contribution in [0.2, 0.25) is 0 Å². The largest absolute Gasteiger partial charge is 0.348 e. The van der Waals surface area contributed by atoms with Gasteiger partial charge in [-0.3, -0.25) is 0 Å². The van der Waals surface area contributed by atoms with E-state index in [9.17, 15) is 0 Å². The van der Waals surface area contributed by atoms with Gasteiger partial charge in [-0.25, -0.2) is 5.32 Å². The normalized spacial score (nSPS) is 15.5. The van der Waals surface area contributed by atoms with E-state index in [0.29, 0.717) is 11.7 Å². The van der Waals surface area contributed by atoms with Gasteiger partial charge in [-0.1, -0.05) is 0 Å². The third-order valence-corrected chi connectivity index (χ3v) is 1.73. The second kappa shape index (κ2) is 2.48. The molecule has 1 aromatic heterocycles. The quantitative estimate of drug-likeness (QED) is 0.582. The summed E-state index contributed by atoms with van der Waals surface area (Å²) in [7, 11) is 1.96. The number of rotatable bonds is 1. The van der Waals surface area contributed by atoms with E-state index in [0.717, 1.165) is 5.69 Å². The first-order valence-electron chi connectivity index (χ1n) is 3.73. The monoisotopic (exact) mass is 161 g/mol. The van der Waals surface area contributed by atoms with Gasteiger partial charge in [0.15, 0.2) is 11.7 Å². The van der Waals surface area contributed by atoms with Crippen molar-refractivity contribution in [3.8, 4) is 0 Å². The smallest absolute Gasteiger partial charge is 0.200 e. The van der Waals surface area contributed by atoms with Gasteiger partial charge in [-0.2, -0.15) is 0 Å². The zero-order chi connectivity index (χ0) is 8.55. The van der Waals surface area contributed by atoms with Crippen LogP contribution in [0.1, 0.15) is 12.6 Å². The molecule has 12 heavy (non-hydrogen) atoms. The first kappa shape index (κ1) is 7.09. The van der Waals surface area contributed by atoms with Crippen LogP contribution >= 0.6 is 0 Å². The lowest BCUT2D eigenvalue weighted by Gasteiger charge is -1.99. The van der Waals surface area contributed by atoms with Gasteiger partial charge in [-0.15, -0.1) is 10.2 Å². The van der Waals surface area contributed by atoms with E-state index in [-0.39, 0.29) is 0 Å². The third kappa shape index (κ3) is 1.01. The van der Waals surface area contributed by atoms with E-state index in [1.54, 1.807) is 0 Å². The number of amidine groups is 2. The fraction of sp³-hybridized carbons (Fsp3) is 0.250. The lowest BCUT2D eigenvalue weighted by molar-refractivity contribution is 0.909. The van der Waals surface area contributed by atoms with Crippen LogP contribution in [0.15, 0.2) is 28.5 Å². The van der Waals surface area contributed by atoms with Gasteiger partial charge in [0.2, 0.25) is 0 Å².